The summed E-state index contributed by atoms with van der Waals surface area (Å²) in [5.74, 6) is 0.0297. The van der Waals surface area contributed by atoms with Gasteiger partial charge in [-0.1, -0.05) is 6.07 Å². The monoisotopic (exact) mass is 337 g/mol. The van der Waals surface area contributed by atoms with Crippen LogP contribution < -0.4 is 4.74 Å². The minimum atomic E-state index is -0.374. The summed E-state index contributed by atoms with van der Waals surface area (Å²) in [5.41, 5.74) is 0.691. The third-order valence-electron chi connectivity index (χ3n) is 4.83. The average molecular weight is 337 g/mol. The molecule has 1 aromatic carbocycles. The quantitative estimate of drug-likeness (QED) is 0.826. The summed E-state index contributed by atoms with van der Waals surface area (Å²) in [6.07, 6.45) is 2.01. The molecule has 1 saturated heterocycles. The molecule has 1 heterocycles. The number of carbonyl (C=O) groups is 1. The van der Waals surface area contributed by atoms with E-state index in [1.807, 2.05) is 11.8 Å². The Kier molecular flexibility index (Phi) is 5.36. The normalized spacial score (nSPS) is 26.3. The van der Waals surface area contributed by atoms with Gasteiger partial charge in [0.1, 0.15) is 17.7 Å². The molecule has 3 atom stereocenters. The number of nitrogens with zero attached hydrogens (tertiary/aromatic N) is 1. The third kappa shape index (κ3) is 3.39. The van der Waals surface area contributed by atoms with Crippen LogP contribution in [0.1, 0.15) is 25.3 Å². The molecule has 1 amide bonds. The lowest BCUT2D eigenvalue weighted by Gasteiger charge is -2.31. The molecule has 24 heavy (non-hydrogen) atoms. The molecule has 6 heteroatoms. The van der Waals surface area contributed by atoms with Crippen molar-refractivity contribution in [3.05, 3.63) is 29.6 Å². The molecule has 5 nitrogen and oxygen atoms in total. The first-order valence-corrected chi connectivity index (χ1v) is 8.49. The molecule has 2 aliphatic rings. The van der Waals surface area contributed by atoms with Crippen molar-refractivity contribution in [2.24, 2.45) is 0 Å². The smallest absolute Gasteiger partial charge is 0.227 e. The minimum Gasteiger partial charge on any atom is -0.496 e. The van der Waals surface area contributed by atoms with Gasteiger partial charge < -0.3 is 19.1 Å². The molecule has 0 unspecified atom stereocenters. The van der Waals surface area contributed by atoms with Gasteiger partial charge in [0.2, 0.25) is 5.91 Å². The molecule has 2 fully saturated rings. The number of halogens is 1. The maximum atomic E-state index is 13.3. The number of ether oxygens (including phenoxy) is 3. The first-order chi connectivity index (χ1) is 11.6. The summed E-state index contributed by atoms with van der Waals surface area (Å²) in [7, 11) is 1.48. The molecule has 0 radical (unpaired) electrons. The van der Waals surface area contributed by atoms with E-state index in [1.54, 1.807) is 6.07 Å². The van der Waals surface area contributed by atoms with E-state index in [0.29, 0.717) is 31.1 Å². The van der Waals surface area contributed by atoms with Crippen molar-refractivity contribution >= 4 is 5.91 Å². The molecule has 0 aromatic heterocycles. The zero-order valence-corrected chi connectivity index (χ0v) is 14.2. The summed E-state index contributed by atoms with van der Waals surface area (Å²) >= 11 is 0. The van der Waals surface area contributed by atoms with Crippen molar-refractivity contribution < 1.29 is 23.4 Å². The number of methoxy groups -OCH3 is 1. The van der Waals surface area contributed by atoms with E-state index in [-0.39, 0.29) is 36.4 Å². The van der Waals surface area contributed by atoms with Crippen molar-refractivity contribution in [3.8, 4) is 5.75 Å². The minimum absolute atomic E-state index is 0.000705. The SMILES string of the molecule is CCO[C@H]1[C@H]2CC[C@H]1OCCN2C(=O)Cc1ccc(F)cc1OC. The molecule has 1 aliphatic carbocycles. The number of rotatable bonds is 5. The molecule has 2 bridgehead atoms. The van der Waals surface area contributed by atoms with Gasteiger partial charge in [0.25, 0.3) is 0 Å². The Balaban J connectivity index is 1.76. The molecular formula is C18H24FNO4. The molecule has 1 saturated carbocycles. The van der Waals surface area contributed by atoms with Crippen LogP contribution in [0.2, 0.25) is 0 Å². The predicted molar refractivity (Wildman–Crippen MR) is 86.5 cm³/mol. The van der Waals surface area contributed by atoms with Crippen LogP contribution in [-0.4, -0.2) is 55.9 Å². The van der Waals surface area contributed by atoms with E-state index >= 15 is 0 Å². The zero-order chi connectivity index (χ0) is 17.1. The van der Waals surface area contributed by atoms with E-state index in [0.717, 1.165) is 12.8 Å². The molecule has 3 rings (SSSR count). The Hall–Kier alpha value is -1.66. The number of hydrogen-bond donors (Lipinski definition) is 0. The molecule has 1 aliphatic heterocycles. The average Bonchev–Trinajstić information content (AvgIpc) is 2.84. The summed E-state index contributed by atoms with van der Waals surface area (Å²) < 4.78 is 30.2. The second kappa shape index (κ2) is 7.49. The van der Waals surface area contributed by atoms with Crippen molar-refractivity contribution in [2.45, 2.75) is 44.4 Å². The molecule has 132 valence electrons. The van der Waals surface area contributed by atoms with Crippen LogP contribution in [0.25, 0.3) is 0 Å². The fraction of sp³-hybridized carbons (Fsp3) is 0.611. The second-order valence-electron chi connectivity index (χ2n) is 6.19. The standard InChI is InChI=1S/C18H24FNO4/c1-3-23-18-14-6-7-15(18)24-9-8-20(14)17(21)10-12-4-5-13(19)11-16(12)22-2/h4-5,11,14-15,18H,3,6-10H2,1-2H3/t14-,15-,18+/m1/s1. The highest BCUT2D eigenvalue weighted by atomic mass is 19.1. The van der Waals surface area contributed by atoms with Crippen LogP contribution in [0.3, 0.4) is 0 Å². The second-order valence-corrected chi connectivity index (χ2v) is 6.19. The van der Waals surface area contributed by atoms with Crippen LogP contribution in [0.15, 0.2) is 18.2 Å². The maximum Gasteiger partial charge on any atom is 0.227 e. The molecule has 1 aromatic rings. The van der Waals surface area contributed by atoms with Gasteiger partial charge in [0.05, 0.1) is 32.3 Å². The highest BCUT2D eigenvalue weighted by molar-refractivity contribution is 5.80. The van der Waals surface area contributed by atoms with Crippen molar-refractivity contribution in [1.29, 1.82) is 0 Å². The van der Waals surface area contributed by atoms with Gasteiger partial charge in [-0.15, -0.1) is 0 Å². The Bertz CT molecular complexity index is 594. The van der Waals surface area contributed by atoms with Crippen LogP contribution in [0.4, 0.5) is 4.39 Å². The summed E-state index contributed by atoms with van der Waals surface area (Å²) in [6.45, 7) is 3.65. The number of hydrogen-bond acceptors (Lipinski definition) is 4. The summed E-state index contributed by atoms with van der Waals surface area (Å²) in [6, 6.07) is 4.32. The fourth-order valence-electron chi connectivity index (χ4n) is 3.74. The predicted octanol–water partition coefficient (Wildman–Crippen LogP) is 2.17. The topological polar surface area (TPSA) is 48.0 Å². The molecular weight excluding hydrogens is 313 g/mol. The van der Waals surface area contributed by atoms with Gasteiger partial charge in [-0.3, -0.25) is 4.79 Å². The molecule has 0 N–H and O–H groups in total. The largest absolute Gasteiger partial charge is 0.496 e. The van der Waals surface area contributed by atoms with Gasteiger partial charge in [0, 0.05) is 24.8 Å². The summed E-state index contributed by atoms with van der Waals surface area (Å²) in [5, 5.41) is 0. The maximum absolute atomic E-state index is 13.3. The van der Waals surface area contributed by atoms with Gasteiger partial charge in [-0.05, 0) is 25.8 Å². The highest BCUT2D eigenvalue weighted by Gasteiger charge is 2.44. The first kappa shape index (κ1) is 17.2. The summed E-state index contributed by atoms with van der Waals surface area (Å²) in [4.78, 5) is 14.7. The number of fused-ring (bicyclic) bond motifs is 2. The Morgan fingerprint density at radius 1 is 1.42 bits per heavy atom. The lowest BCUT2D eigenvalue weighted by atomic mass is 10.1. The number of carbonyl (C=O) groups excluding carboxylic acids is 1. The van der Waals surface area contributed by atoms with Crippen LogP contribution in [0.5, 0.6) is 5.75 Å². The van der Waals surface area contributed by atoms with Gasteiger partial charge in [0.15, 0.2) is 0 Å². The van der Waals surface area contributed by atoms with Gasteiger partial charge >= 0.3 is 0 Å². The van der Waals surface area contributed by atoms with E-state index in [2.05, 4.69) is 0 Å². The van der Waals surface area contributed by atoms with Crippen LogP contribution >= 0.6 is 0 Å². The fourth-order valence-corrected chi connectivity index (χ4v) is 3.74. The lowest BCUT2D eigenvalue weighted by Crippen LogP contribution is -2.47. The van der Waals surface area contributed by atoms with E-state index in [4.69, 9.17) is 14.2 Å². The first-order valence-electron chi connectivity index (χ1n) is 8.49. The third-order valence-corrected chi connectivity index (χ3v) is 4.83. The lowest BCUT2D eigenvalue weighted by molar-refractivity contribution is -0.135. The van der Waals surface area contributed by atoms with E-state index < -0.39 is 0 Å². The Labute approximate surface area is 141 Å². The Morgan fingerprint density at radius 3 is 3.00 bits per heavy atom. The number of benzene rings is 1. The van der Waals surface area contributed by atoms with Crippen molar-refractivity contribution in [1.82, 2.24) is 4.90 Å². The van der Waals surface area contributed by atoms with Gasteiger partial charge in [-0.2, -0.15) is 0 Å². The van der Waals surface area contributed by atoms with Crippen LogP contribution in [-0.2, 0) is 20.7 Å². The Morgan fingerprint density at radius 2 is 2.25 bits per heavy atom. The highest BCUT2D eigenvalue weighted by Crippen LogP contribution is 2.32. The van der Waals surface area contributed by atoms with Crippen LogP contribution in [0, 0.1) is 5.82 Å². The van der Waals surface area contributed by atoms with Crippen molar-refractivity contribution in [3.63, 3.8) is 0 Å². The van der Waals surface area contributed by atoms with E-state index in [9.17, 15) is 9.18 Å². The number of amides is 1. The van der Waals surface area contributed by atoms with Crippen molar-refractivity contribution in [2.75, 3.05) is 26.9 Å². The zero-order valence-electron chi connectivity index (χ0n) is 14.2. The molecule has 0 spiro atoms. The van der Waals surface area contributed by atoms with E-state index in [1.165, 1.54) is 19.2 Å². The van der Waals surface area contributed by atoms with Gasteiger partial charge in [-0.25, -0.2) is 4.39 Å².